The minimum Gasteiger partial charge on any atom is -0.339 e. The number of carbonyl (C=O) groups excluding carboxylic acids is 2. The Morgan fingerprint density at radius 2 is 1.71 bits per heavy atom. The molecule has 0 N–H and O–H groups in total. The third-order valence-corrected chi connectivity index (χ3v) is 8.12. The van der Waals surface area contributed by atoms with Crippen LogP contribution in [0.4, 0.5) is 0 Å². The number of amides is 2. The van der Waals surface area contributed by atoms with E-state index in [1.54, 1.807) is 45.8 Å². The van der Waals surface area contributed by atoms with E-state index in [1.165, 1.54) is 10.4 Å². The molecule has 7 nitrogen and oxygen atoms in total. The van der Waals surface area contributed by atoms with Gasteiger partial charge in [-0.2, -0.15) is 4.31 Å². The van der Waals surface area contributed by atoms with E-state index in [9.17, 15) is 18.0 Å². The summed E-state index contributed by atoms with van der Waals surface area (Å²) in [5.74, 6) is 0.517. The molecule has 0 aromatic heterocycles. The minimum atomic E-state index is -3.55. The molecule has 28 heavy (non-hydrogen) atoms. The SMILES string of the molecule is C=CC(=O)N1CCSC(C(=O)N2CCN(S(=O)(=O)c3ccc(C)cc3)CC2)C1. The van der Waals surface area contributed by atoms with Crippen LogP contribution in [0.2, 0.25) is 0 Å². The molecule has 2 heterocycles. The van der Waals surface area contributed by atoms with Crippen LogP contribution in [0.25, 0.3) is 0 Å². The van der Waals surface area contributed by atoms with Crippen molar-refractivity contribution in [3.05, 3.63) is 42.5 Å². The summed E-state index contributed by atoms with van der Waals surface area (Å²) in [6.07, 6.45) is 1.27. The Kier molecular flexibility index (Phi) is 6.47. The summed E-state index contributed by atoms with van der Waals surface area (Å²) in [5, 5.41) is -0.307. The standard InChI is InChI=1S/C19H25N3O4S2/c1-3-18(23)21-12-13-27-17(14-21)19(24)20-8-10-22(11-9-20)28(25,26)16-6-4-15(2)5-7-16/h3-7,17H,1,8-14H2,2H3. The van der Waals surface area contributed by atoms with Gasteiger partial charge in [0.05, 0.1) is 4.90 Å². The number of sulfonamides is 1. The number of thioether (sulfide) groups is 1. The lowest BCUT2D eigenvalue weighted by Gasteiger charge is -2.38. The van der Waals surface area contributed by atoms with E-state index < -0.39 is 10.0 Å². The van der Waals surface area contributed by atoms with Crippen LogP contribution in [0.1, 0.15) is 5.56 Å². The summed E-state index contributed by atoms with van der Waals surface area (Å²) in [6, 6.07) is 6.80. The molecular formula is C19H25N3O4S2. The maximum atomic E-state index is 12.8. The predicted octanol–water partition coefficient (Wildman–Crippen LogP) is 0.958. The fourth-order valence-corrected chi connectivity index (χ4v) is 5.95. The molecule has 2 saturated heterocycles. The first-order valence-corrected chi connectivity index (χ1v) is 11.7. The zero-order chi connectivity index (χ0) is 20.3. The second-order valence-electron chi connectivity index (χ2n) is 6.89. The zero-order valence-electron chi connectivity index (χ0n) is 15.9. The molecule has 0 radical (unpaired) electrons. The number of hydrogen-bond acceptors (Lipinski definition) is 5. The Hall–Kier alpha value is -1.84. The Balaban J connectivity index is 1.60. The van der Waals surface area contributed by atoms with E-state index >= 15 is 0 Å². The van der Waals surface area contributed by atoms with Gasteiger partial charge in [-0.05, 0) is 25.1 Å². The van der Waals surface area contributed by atoms with Crippen molar-refractivity contribution in [3.63, 3.8) is 0 Å². The molecule has 1 aromatic carbocycles. The highest BCUT2D eigenvalue weighted by molar-refractivity contribution is 8.00. The van der Waals surface area contributed by atoms with E-state index in [2.05, 4.69) is 6.58 Å². The van der Waals surface area contributed by atoms with Gasteiger partial charge >= 0.3 is 0 Å². The number of piperazine rings is 1. The molecule has 0 bridgehead atoms. The third-order valence-electron chi connectivity index (χ3n) is 5.04. The largest absolute Gasteiger partial charge is 0.339 e. The fraction of sp³-hybridized carbons (Fsp3) is 0.474. The molecule has 1 aromatic rings. The second kappa shape index (κ2) is 8.67. The monoisotopic (exact) mass is 423 g/mol. The molecular weight excluding hydrogens is 398 g/mol. The Morgan fingerprint density at radius 3 is 2.32 bits per heavy atom. The molecule has 0 spiro atoms. The van der Waals surface area contributed by atoms with E-state index in [-0.39, 0.29) is 35.0 Å². The lowest BCUT2D eigenvalue weighted by atomic mass is 10.2. The second-order valence-corrected chi connectivity index (χ2v) is 10.1. The molecule has 3 rings (SSSR count). The lowest BCUT2D eigenvalue weighted by Crippen LogP contribution is -2.55. The van der Waals surface area contributed by atoms with Gasteiger partial charge in [-0.3, -0.25) is 9.59 Å². The van der Waals surface area contributed by atoms with Crippen LogP contribution < -0.4 is 0 Å². The van der Waals surface area contributed by atoms with Crippen molar-refractivity contribution in [2.24, 2.45) is 0 Å². The molecule has 1 unspecified atom stereocenters. The van der Waals surface area contributed by atoms with Crippen LogP contribution in [0.3, 0.4) is 0 Å². The van der Waals surface area contributed by atoms with E-state index in [4.69, 9.17) is 0 Å². The van der Waals surface area contributed by atoms with Gasteiger partial charge in [-0.15, -0.1) is 11.8 Å². The normalized spacial score (nSPS) is 21.4. The molecule has 2 aliphatic heterocycles. The van der Waals surface area contributed by atoms with Crippen LogP contribution in [0.5, 0.6) is 0 Å². The molecule has 152 valence electrons. The van der Waals surface area contributed by atoms with Crippen LogP contribution >= 0.6 is 11.8 Å². The van der Waals surface area contributed by atoms with Crippen molar-refractivity contribution >= 4 is 33.6 Å². The quantitative estimate of drug-likeness (QED) is 0.674. The lowest BCUT2D eigenvalue weighted by molar-refractivity contribution is -0.133. The van der Waals surface area contributed by atoms with Gasteiger partial charge in [-0.1, -0.05) is 24.3 Å². The van der Waals surface area contributed by atoms with Crippen molar-refractivity contribution < 1.29 is 18.0 Å². The van der Waals surface area contributed by atoms with Gasteiger partial charge in [0.25, 0.3) is 0 Å². The third kappa shape index (κ3) is 4.42. The highest BCUT2D eigenvalue weighted by Crippen LogP contribution is 2.23. The van der Waals surface area contributed by atoms with Crippen LogP contribution in [0, 0.1) is 6.92 Å². The van der Waals surface area contributed by atoms with Gasteiger partial charge in [0, 0.05) is 45.0 Å². The van der Waals surface area contributed by atoms with Gasteiger partial charge in [0.1, 0.15) is 5.25 Å². The Bertz CT molecular complexity index is 846. The molecule has 9 heteroatoms. The number of nitrogens with zero attached hydrogens (tertiary/aromatic N) is 3. The van der Waals surface area contributed by atoms with E-state index in [0.717, 1.165) is 5.56 Å². The summed E-state index contributed by atoms with van der Waals surface area (Å²) < 4.78 is 27.0. The van der Waals surface area contributed by atoms with Crippen molar-refractivity contribution in [2.45, 2.75) is 17.1 Å². The molecule has 2 aliphatic rings. The van der Waals surface area contributed by atoms with Gasteiger partial charge in [0.2, 0.25) is 21.8 Å². The summed E-state index contributed by atoms with van der Waals surface area (Å²) >= 11 is 1.55. The van der Waals surface area contributed by atoms with E-state index in [1.807, 2.05) is 6.92 Å². The maximum absolute atomic E-state index is 12.8. The van der Waals surface area contributed by atoms with Gasteiger partial charge in [0.15, 0.2) is 0 Å². The molecule has 0 aliphatic carbocycles. The zero-order valence-corrected chi connectivity index (χ0v) is 17.5. The summed E-state index contributed by atoms with van der Waals surface area (Å²) in [5.41, 5.74) is 1.00. The van der Waals surface area contributed by atoms with E-state index in [0.29, 0.717) is 31.9 Å². The number of aryl methyl sites for hydroxylation is 1. The molecule has 1 atom stereocenters. The first-order chi connectivity index (χ1) is 13.3. The number of benzene rings is 1. The van der Waals surface area contributed by atoms with Crippen LogP contribution in [-0.2, 0) is 19.6 Å². The summed E-state index contributed by atoms with van der Waals surface area (Å²) in [7, 11) is -3.55. The number of carbonyl (C=O) groups is 2. The Morgan fingerprint density at radius 1 is 1.07 bits per heavy atom. The van der Waals surface area contributed by atoms with Crippen molar-refractivity contribution in [3.8, 4) is 0 Å². The van der Waals surface area contributed by atoms with Crippen molar-refractivity contribution in [1.29, 1.82) is 0 Å². The van der Waals surface area contributed by atoms with Crippen molar-refractivity contribution in [2.75, 3.05) is 45.0 Å². The fourth-order valence-electron chi connectivity index (χ4n) is 3.34. The molecule has 2 fully saturated rings. The maximum Gasteiger partial charge on any atom is 0.246 e. The molecule has 0 saturated carbocycles. The summed E-state index contributed by atoms with van der Waals surface area (Å²) in [4.78, 5) is 28.3. The Labute approximate surface area is 170 Å². The summed E-state index contributed by atoms with van der Waals surface area (Å²) in [6.45, 7) is 7.66. The first kappa shape index (κ1) is 20.9. The number of hydrogen-bond donors (Lipinski definition) is 0. The smallest absolute Gasteiger partial charge is 0.246 e. The van der Waals surface area contributed by atoms with Crippen LogP contribution in [0.15, 0.2) is 41.8 Å². The molecule has 2 amide bonds. The first-order valence-electron chi connectivity index (χ1n) is 9.21. The van der Waals surface area contributed by atoms with Crippen LogP contribution in [-0.4, -0.2) is 84.6 Å². The van der Waals surface area contributed by atoms with Gasteiger partial charge < -0.3 is 9.80 Å². The average molecular weight is 424 g/mol. The predicted molar refractivity (Wildman–Crippen MR) is 110 cm³/mol. The highest BCUT2D eigenvalue weighted by atomic mass is 32.2. The average Bonchev–Trinajstić information content (AvgIpc) is 2.73. The van der Waals surface area contributed by atoms with Gasteiger partial charge in [-0.25, -0.2) is 8.42 Å². The topological polar surface area (TPSA) is 78.0 Å². The minimum absolute atomic E-state index is 0.0288. The van der Waals surface area contributed by atoms with Crippen molar-refractivity contribution in [1.82, 2.24) is 14.1 Å². The highest BCUT2D eigenvalue weighted by Gasteiger charge is 2.35. The number of rotatable bonds is 4.